The van der Waals surface area contributed by atoms with E-state index in [1.54, 1.807) is 0 Å². The summed E-state index contributed by atoms with van der Waals surface area (Å²) in [5.74, 6) is -0.128. The number of ether oxygens (including phenoxy) is 1. The van der Waals surface area contributed by atoms with Gasteiger partial charge in [0, 0.05) is 31.1 Å². The number of aryl methyl sites for hydroxylation is 1. The van der Waals surface area contributed by atoms with Crippen molar-refractivity contribution in [3.8, 4) is 0 Å². The molecule has 4 nitrogen and oxygen atoms in total. The molecule has 21 heavy (non-hydrogen) atoms. The fourth-order valence-electron chi connectivity index (χ4n) is 2.90. The number of nitrogens with zero attached hydrogens (tertiary/aromatic N) is 1. The van der Waals surface area contributed by atoms with E-state index in [0.717, 1.165) is 36.8 Å². The third-order valence-corrected chi connectivity index (χ3v) is 4.42. The van der Waals surface area contributed by atoms with E-state index in [1.165, 1.54) is 0 Å². The van der Waals surface area contributed by atoms with E-state index in [-0.39, 0.29) is 12.0 Å². The maximum atomic E-state index is 12.4. The second-order valence-corrected chi connectivity index (χ2v) is 5.80. The Morgan fingerprint density at radius 2 is 2.29 bits per heavy atom. The number of amides is 1. The first kappa shape index (κ1) is 14.4. The first-order valence-corrected chi connectivity index (χ1v) is 7.69. The molecule has 112 valence electrons. The summed E-state index contributed by atoms with van der Waals surface area (Å²) in [5, 5.41) is 4.37. The van der Waals surface area contributed by atoms with E-state index < -0.39 is 0 Å². The molecule has 0 aliphatic carbocycles. The van der Waals surface area contributed by atoms with Gasteiger partial charge in [-0.25, -0.2) is 0 Å². The van der Waals surface area contributed by atoms with Gasteiger partial charge in [-0.3, -0.25) is 4.79 Å². The van der Waals surface area contributed by atoms with Crippen molar-refractivity contribution in [1.29, 1.82) is 0 Å². The molecule has 1 saturated heterocycles. The monoisotopic (exact) mass is 306 g/mol. The fourth-order valence-corrected chi connectivity index (χ4v) is 3.27. The zero-order chi connectivity index (χ0) is 14.8. The van der Waals surface area contributed by atoms with E-state index in [9.17, 15) is 4.79 Å². The summed E-state index contributed by atoms with van der Waals surface area (Å²) in [6.07, 6.45) is 3.35. The van der Waals surface area contributed by atoms with Crippen LogP contribution in [0.4, 0.5) is 0 Å². The third-order valence-electron chi connectivity index (χ3n) is 4.04. The first-order chi connectivity index (χ1) is 10.2. The molecule has 1 aliphatic rings. The number of benzene rings is 1. The Morgan fingerprint density at radius 3 is 3.00 bits per heavy atom. The van der Waals surface area contributed by atoms with Crippen LogP contribution >= 0.6 is 11.6 Å². The lowest BCUT2D eigenvalue weighted by molar-refractivity contribution is 0.0901. The number of aromatic nitrogens is 1. The van der Waals surface area contributed by atoms with Gasteiger partial charge in [0.05, 0.1) is 11.1 Å². The predicted octanol–water partition coefficient (Wildman–Crippen LogP) is 3.13. The molecule has 1 aromatic heterocycles. The van der Waals surface area contributed by atoms with Crippen LogP contribution in [-0.4, -0.2) is 29.7 Å². The molecule has 1 aromatic carbocycles. The van der Waals surface area contributed by atoms with Gasteiger partial charge in [-0.15, -0.1) is 0 Å². The average Bonchev–Trinajstić information content (AvgIpc) is 3.08. The second-order valence-electron chi connectivity index (χ2n) is 5.42. The van der Waals surface area contributed by atoms with Crippen LogP contribution in [0, 0.1) is 0 Å². The van der Waals surface area contributed by atoms with Crippen molar-refractivity contribution in [2.75, 3.05) is 13.2 Å². The molecule has 1 atom stereocenters. The number of carbonyl (C=O) groups excluding carboxylic acids is 1. The molecule has 3 rings (SSSR count). The van der Waals surface area contributed by atoms with Gasteiger partial charge in [-0.1, -0.05) is 29.8 Å². The van der Waals surface area contributed by atoms with Crippen LogP contribution in [0.2, 0.25) is 5.02 Å². The number of hydrogen-bond donors (Lipinski definition) is 1. The van der Waals surface area contributed by atoms with Crippen LogP contribution in [0.5, 0.6) is 0 Å². The molecule has 1 fully saturated rings. The standard InChI is InChI=1S/C16H19ClN2O2/c1-19-13-7-3-2-6-12(13)14(17)15(19)16(20)18-9-8-11-5-4-10-21-11/h2-3,6-7,11H,4-5,8-10H2,1H3,(H,18,20). The summed E-state index contributed by atoms with van der Waals surface area (Å²) in [5.41, 5.74) is 1.48. The Labute approximate surface area is 129 Å². The van der Waals surface area contributed by atoms with Crippen molar-refractivity contribution in [3.63, 3.8) is 0 Å². The van der Waals surface area contributed by atoms with E-state index in [1.807, 2.05) is 35.9 Å². The lowest BCUT2D eigenvalue weighted by Gasteiger charge is -2.10. The van der Waals surface area contributed by atoms with E-state index in [4.69, 9.17) is 16.3 Å². The van der Waals surface area contributed by atoms with Gasteiger partial charge in [0.25, 0.3) is 5.91 Å². The lowest BCUT2D eigenvalue weighted by atomic mass is 10.2. The number of fused-ring (bicyclic) bond motifs is 1. The zero-order valence-electron chi connectivity index (χ0n) is 12.1. The SMILES string of the molecule is Cn1c(C(=O)NCCC2CCCO2)c(Cl)c2ccccc21. The molecule has 5 heteroatoms. The summed E-state index contributed by atoms with van der Waals surface area (Å²) in [6.45, 7) is 1.45. The van der Waals surface area contributed by atoms with E-state index >= 15 is 0 Å². The Balaban J connectivity index is 1.72. The highest BCUT2D eigenvalue weighted by atomic mass is 35.5. The summed E-state index contributed by atoms with van der Waals surface area (Å²) in [4.78, 5) is 12.4. The highest BCUT2D eigenvalue weighted by Crippen LogP contribution is 2.29. The minimum Gasteiger partial charge on any atom is -0.378 e. The Hall–Kier alpha value is -1.52. The molecule has 0 spiro atoms. The maximum absolute atomic E-state index is 12.4. The molecule has 1 N–H and O–H groups in total. The van der Waals surface area contributed by atoms with Gasteiger partial charge in [0.15, 0.2) is 0 Å². The van der Waals surface area contributed by atoms with Gasteiger partial charge in [-0.2, -0.15) is 0 Å². The first-order valence-electron chi connectivity index (χ1n) is 7.31. The fraction of sp³-hybridized carbons (Fsp3) is 0.438. The number of carbonyl (C=O) groups is 1. The van der Waals surface area contributed by atoms with Crippen LogP contribution in [-0.2, 0) is 11.8 Å². The Bertz CT molecular complexity index is 621. The molecular formula is C16H19ClN2O2. The van der Waals surface area contributed by atoms with Crippen LogP contribution in [0.25, 0.3) is 10.9 Å². The minimum absolute atomic E-state index is 0.128. The van der Waals surface area contributed by atoms with E-state index in [2.05, 4.69) is 5.32 Å². The predicted molar refractivity (Wildman–Crippen MR) is 83.9 cm³/mol. The summed E-state index contributed by atoms with van der Waals surface area (Å²) in [7, 11) is 1.86. The van der Waals surface area contributed by atoms with Gasteiger partial charge in [0.2, 0.25) is 0 Å². The number of halogens is 1. The van der Waals surface area contributed by atoms with Crippen molar-refractivity contribution in [3.05, 3.63) is 35.0 Å². The van der Waals surface area contributed by atoms with Crippen LogP contribution in [0.1, 0.15) is 29.8 Å². The Kier molecular flexibility index (Phi) is 4.17. The highest BCUT2D eigenvalue weighted by Gasteiger charge is 2.20. The van der Waals surface area contributed by atoms with E-state index in [0.29, 0.717) is 17.3 Å². The topological polar surface area (TPSA) is 43.3 Å². The number of hydrogen-bond acceptors (Lipinski definition) is 2. The number of nitrogens with one attached hydrogen (secondary N) is 1. The van der Waals surface area contributed by atoms with Gasteiger partial charge >= 0.3 is 0 Å². The molecule has 1 unspecified atom stereocenters. The van der Waals surface area contributed by atoms with Crippen LogP contribution in [0.15, 0.2) is 24.3 Å². The van der Waals surface area contributed by atoms with Gasteiger partial charge in [0.1, 0.15) is 5.69 Å². The maximum Gasteiger partial charge on any atom is 0.269 e. The second kappa shape index (κ2) is 6.08. The lowest BCUT2D eigenvalue weighted by Crippen LogP contribution is -2.28. The highest BCUT2D eigenvalue weighted by molar-refractivity contribution is 6.38. The molecular weight excluding hydrogens is 288 g/mol. The van der Waals surface area contributed by atoms with Crippen molar-refractivity contribution >= 4 is 28.4 Å². The van der Waals surface area contributed by atoms with Gasteiger partial charge in [-0.05, 0) is 25.3 Å². The average molecular weight is 307 g/mol. The molecule has 2 heterocycles. The quantitative estimate of drug-likeness (QED) is 0.943. The molecule has 0 radical (unpaired) electrons. The molecule has 2 aromatic rings. The normalized spacial score (nSPS) is 18.3. The molecule has 1 aliphatic heterocycles. The van der Waals surface area contributed by atoms with Crippen molar-refractivity contribution in [2.24, 2.45) is 7.05 Å². The summed E-state index contributed by atoms with van der Waals surface area (Å²) >= 11 is 6.36. The Morgan fingerprint density at radius 1 is 1.48 bits per heavy atom. The van der Waals surface area contributed by atoms with Crippen LogP contribution < -0.4 is 5.32 Å². The smallest absolute Gasteiger partial charge is 0.269 e. The van der Waals surface area contributed by atoms with Crippen molar-refractivity contribution in [1.82, 2.24) is 9.88 Å². The molecule has 0 bridgehead atoms. The molecule has 1 amide bonds. The molecule has 0 saturated carbocycles. The summed E-state index contributed by atoms with van der Waals surface area (Å²) in [6, 6.07) is 7.76. The zero-order valence-corrected chi connectivity index (χ0v) is 12.8. The number of rotatable bonds is 4. The largest absolute Gasteiger partial charge is 0.378 e. The number of para-hydroxylation sites is 1. The third kappa shape index (κ3) is 2.78. The van der Waals surface area contributed by atoms with Gasteiger partial charge < -0.3 is 14.6 Å². The van der Waals surface area contributed by atoms with Crippen molar-refractivity contribution in [2.45, 2.75) is 25.4 Å². The van der Waals surface area contributed by atoms with Crippen LogP contribution in [0.3, 0.4) is 0 Å². The minimum atomic E-state index is -0.128. The summed E-state index contributed by atoms with van der Waals surface area (Å²) < 4.78 is 7.40. The van der Waals surface area contributed by atoms with Crippen molar-refractivity contribution < 1.29 is 9.53 Å².